The number of hydrogen-bond donors (Lipinski definition) is 0. The van der Waals surface area contributed by atoms with E-state index in [1.165, 1.54) is 18.7 Å². The number of carbonyl (C=O) groups is 8. The van der Waals surface area contributed by atoms with Gasteiger partial charge in [0.25, 0.3) is 0 Å². The molecule has 0 bridgehead atoms. The molecule has 0 aromatic heterocycles. The SMILES string of the molecule is CC.CC(=O)SCCOc1ccc(OC(=O)C2CCC(C(=O)Oc3ccc(OCCOc4ccccc4)cc3)CC2)cc1.CC(C)C(COCc1ccccc1)Oc1ccc(OC(=O)C2CCC(C(=O)Oc3ccc(OCCOCc4ccccc4)cc3)CC2)cc1.CC(C)OCCOc1ccc(OC(=O)C2CCC(C(=O)Oc3ccc(OCCOC(=O)N4CCCCC4)cc3)CC2)cc1. The molecule has 9 aromatic rings. The number of likely N-dealkylation sites (tertiary alicyclic amines) is 1. The highest BCUT2D eigenvalue weighted by Gasteiger charge is 2.36. The highest BCUT2D eigenvalue weighted by molar-refractivity contribution is 8.13. The zero-order valence-corrected chi connectivity index (χ0v) is 79.3. The van der Waals surface area contributed by atoms with E-state index in [2.05, 4.69) is 13.8 Å². The summed E-state index contributed by atoms with van der Waals surface area (Å²) >= 11 is 1.21. The van der Waals surface area contributed by atoms with Gasteiger partial charge in [-0.15, -0.1) is 0 Å². The molecule has 1 aliphatic heterocycles. The smallest absolute Gasteiger partial charge is 0.409 e. The van der Waals surface area contributed by atoms with Crippen LogP contribution >= 0.6 is 11.8 Å². The summed E-state index contributed by atoms with van der Waals surface area (Å²) in [6.45, 7) is 20.2. The summed E-state index contributed by atoms with van der Waals surface area (Å²) in [5, 5.41) is 0.0554. The number of thioether (sulfide) groups is 1. The summed E-state index contributed by atoms with van der Waals surface area (Å²) in [4.78, 5) is 101. The molecule has 722 valence electrons. The van der Waals surface area contributed by atoms with Gasteiger partial charge in [0, 0.05) is 25.8 Å². The first-order valence-electron chi connectivity index (χ1n) is 47.0. The molecule has 1 saturated heterocycles. The van der Waals surface area contributed by atoms with Gasteiger partial charge >= 0.3 is 41.9 Å². The molecule has 1 amide bonds. The minimum atomic E-state index is -0.306. The van der Waals surface area contributed by atoms with Crippen molar-refractivity contribution in [1.29, 1.82) is 0 Å². The maximum absolute atomic E-state index is 12.9. The van der Waals surface area contributed by atoms with Crippen molar-refractivity contribution in [3.8, 4) is 74.7 Å². The fourth-order valence-corrected chi connectivity index (χ4v) is 15.4. The summed E-state index contributed by atoms with van der Waals surface area (Å²) in [6.07, 6.45) is 9.68. The second-order valence-corrected chi connectivity index (χ2v) is 34.5. The van der Waals surface area contributed by atoms with E-state index >= 15 is 0 Å². The van der Waals surface area contributed by atoms with Gasteiger partial charge < -0.3 is 85.4 Å². The Morgan fingerprint density at radius 2 is 0.585 bits per heavy atom. The van der Waals surface area contributed by atoms with Crippen LogP contribution in [0, 0.1) is 41.4 Å². The van der Waals surface area contributed by atoms with E-state index in [1.807, 2.05) is 131 Å². The van der Waals surface area contributed by atoms with Crippen LogP contribution in [0.1, 0.15) is 156 Å². The van der Waals surface area contributed by atoms with Crippen LogP contribution in [0.15, 0.2) is 237 Å². The lowest BCUT2D eigenvalue weighted by Gasteiger charge is -2.26. The Labute approximate surface area is 797 Å². The van der Waals surface area contributed by atoms with Crippen LogP contribution in [0.25, 0.3) is 0 Å². The van der Waals surface area contributed by atoms with Gasteiger partial charge in [-0.25, -0.2) is 4.79 Å². The molecular formula is C108H129NO25S. The minimum Gasteiger partial charge on any atom is -0.493 e. The first-order valence-corrected chi connectivity index (χ1v) is 48.0. The van der Waals surface area contributed by atoms with Gasteiger partial charge in [-0.05, 0) is 285 Å². The van der Waals surface area contributed by atoms with E-state index in [9.17, 15) is 38.4 Å². The summed E-state index contributed by atoms with van der Waals surface area (Å²) in [5.41, 5.74) is 2.24. The molecule has 0 N–H and O–H groups in total. The van der Waals surface area contributed by atoms with Crippen molar-refractivity contribution in [2.24, 2.45) is 41.4 Å². The van der Waals surface area contributed by atoms with Gasteiger partial charge in [0.1, 0.15) is 120 Å². The Balaban J connectivity index is 0.000000208. The van der Waals surface area contributed by atoms with Crippen LogP contribution in [-0.2, 0) is 65.7 Å². The molecular weight excluding hydrogens is 1740 g/mol. The lowest BCUT2D eigenvalue weighted by Crippen LogP contribution is -2.36. The van der Waals surface area contributed by atoms with Crippen LogP contribution in [0.2, 0.25) is 0 Å². The van der Waals surface area contributed by atoms with Gasteiger partial charge in [0.15, 0.2) is 5.12 Å². The van der Waals surface area contributed by atoms with Crippen LogP contribution in [0.3, 0.4) is 0 Å². The number of benzene rings is 9. The number of piperidine rings is 1. The number of hydrogen-bond acceptors (Lipinski definition) is 26. The zero-order valence-electron chi connectivity index (χ0n) is 78.5. The number of nitrogens with zero attached hydrogens (tertiary/aromatic N) is 1. The van der Waals surface area contributed by atoms with Gasteiger partial charge in [-0.2, -0.15) is 0 Å². The molecule has 9 aromatic carbocycles. The summed E-state index contributed by atoms with van der Waals surface area (Å²) in [7, 11) is 0. The molecule has 27 heteroatoms. The van der Waals surface area contributed by atoms with Crippen molar-refractivity contribution < 1.29 is 119 Å². The Morgan fingerprint density at radius 3 is 0.904 bits per heavy atom. The largest absolute Gasteiger partial charge is 0.493 e. The van der Waals surface area contributed by atoms with Crippen LogP contribution < -0.4 is 61.6 Å². The van der Waals surface area contributed by atoms with Crippen LogP contribution in [0.5, 0.6) is 74.7 Å². The van der Waals surface area contributed by atoms with E-state index in [0.29, 0.717) is 218 Å². The molecule has 1 unspecified atom stereocenters. The second kappa shape index (κ2) is 58.7. The van der Waals surface area contributed by atoms with E-state index in [4.69, 9.17) is 80.5 Å². The monoisotopic (exact) mass is 1870 g/mol. The Kier molecular flexibility index (Phi) is 45.5. The number of carbonyl (C=O) groups excluding carboxylic acids is 8. The van der Waals surface area contributed by atoms with Crippen molar-refractivity contribution in [2.75, 3.05) is 84.9 Å². The third-order valence-electron chi connectivity index (χ3n) is 22.5. The van der Waals surface area contributed by atoms with Gasteiger partial charge in [0.05, 0.1) is 81.3 Å². The summed E-state index contributed by atoms with van der Waals surface area (Å²) in [6, 6.07) is 71.1. The number of ether oxygens (including phenoxy) is 17. The average molecular weight is 1870 g/mol. The van der Waals surface area contributed by atoms with E-state index in [0.717, 1.165) is 49.2 Å². The van der Waals surface area contributed by atoms with Crippen molar-refractivity contribution in [3.63, 3.8) is 0 Å². The fraction of sp³-hybridized carbons (Fsp3) is 0.426. The molecule has 135 heavy (non-hydrogen) atoms. The molecule has 1 atom stereocenters. The van der Waals surface area contributed by atoms with Crippen molar-refractivity contribution in [3.05, 3.63) is 248 Å². The summed E-state index contributed by atoms with van der Waals surface area (Å²) < 4.78 is 95.9. The van der Waals surface area contributed by atoms with E-state index in [1.54, 1.807) is 138 Å². The lowest BCUT2D eigenvalue weighted by atomic mass is 9.82. The normalized spacial score (nSPS) is 16.9. The number of para-hydroxylation sites is 1. The Bertz CT molecular complexity index is 4940. The molecule has 13 rings (SSSR count). The Hall–Kier alpha value is -12.4. The minimum absolute atomic E-state index is 0.0554. The maximum Gasteiger partial charge on any atom is 0.409 e. The van der Waals surface area contributed by atoms with Crippen LogP contribution in [-0.4, -0.2) is 149 Å². The van der Waals surface area contributed by atoms with Crippen molar-refractivity contribution in [1.82, 2.24) is 4.90 Å². The predicted molar refractivity (Wildman–Crippen MR) is 512 cm³/mol. The topological polar surface area (TPSA) is 297 Å². The Morgan fingerprint density at radius 1 is 0.311 bits per heavy atom. The lowest BCUT2D eigenvalue weighted by molar-refractivity contribution is -0.145. The maximum atomic E-state index is 12.9. The molecule has 0 radical (unpaired) electrons. The molecule has 4 aliphatic rings. The van der Waals surface area contributed by atoms with Gasteiger partial charge in [-0.1, -0.05) is 118 Å². The fourth-order valence-electron chi connectivity index (χ4n) is 15.0. The highest BCUT2D eigenvalue weighted by Crippen LogP contribution is 2.37. The number of amides is 1. The average Bonchev–Trinajstić information content (AvgIpc) is 0.812. The highest BCUT2D eigenvalue weighted by atomic mass is 32.2. The molecule has 0 spiro atoms. The molecule has 4 fully saturated rings. The standard InChI is InChI=1S/C41H46O8.C33H43NO9.C32H34O8S.C2H6/c1-30(2)39(29-45-28-32-11-7-4-8-12-32)47-36-21-23-38(24-22-36)49-41(43)34-15-13-33(14-16-34)40(42)48-37-19-17-35(18-20-37)46-26-25-44-27-31-9-5-3-6-10-31;1-24(2)38-20-21-39-27-10-14-29(15-11-27)42-31(35)25-6-8-26(9-7-25)32(36)43-30-16-12-28(13-17-30)40-22-23-41-33(37)34-18-4-3-5-19-34;1-23(33)41-22-21-38-28-13-17-30(18-14-28)40-32(35)25-9-7-24(8-10-25)31(34)39-29-15-11-27(12-16-29)37-20-19-36-26-5-3-2-4-6-26;1-2/h3-12,17-24,30,33-34,39H,13-16,25-29H2,1-2H3;10-17,24-26H,3-9,18-23H2,1-2H3;2-6,11-18,24-25H,7-10,19-22H2,1H3;1-2H3. The number of esters is 6. The predicted octanol–water partition coefficient (Wildman–Crippen LogP) is 21.2. The van der Waals surface area contributed by atoms with Crippen LogP contribution in [0.4, 0.5) is 4.79 Å². The molecule has 3 aliphatic carbocycles. The van der Waals surface area contributed by atoms with E-state index in [-0.39, 0.29) is 114 Å². The zero-order chi connectivity index (χ0) is 95.6. The first-order chi connectivity index (χ1) is 65.7. The molecule has 1 heterocycles. The summed E-state index contributed by atoms with van der Waals surface area (Å²) in [5.74, 6) is 4.94. The van der Waals surface area contributed by atoms with Crippen molar-refractivity contribution in [2.45, 2.75) is 170 Å². The van der Waals surface area contributed by atoms with Gasteiger partial charge in [0.2, 0.25) is 0 Å². The first kappa shape index (κ1) is 105. The van der Waals surface area contributed by atoms with E-state index < -0.39 is 0 Å². The third-order valence-corrected chi connectivity index (χ3v) is 23.3. The third kappa shape index (κ3) is 38.8. The van der Waals surface area contributed by atoms with Gasteiger partial charge in [-0.3, -0.25) is 33.6 Å². The molecule has 3 saturated carbocycles. The number of rotatable bonds is 43. The van der Waals surface area contributed by atoms with Crippen molar-refractivity contribution >= 4 is 58.8 Å². The molecule has 26 nitrogen and oxygen atoms in total. The quantitative estimate of drug-likeness (QED) is 0.0195. The second-order valence-electron chi connectivity index (χ2n) is 33.3.